The lowest BCUT2D eigenvalue weighted by Gasteiger charge is -2.19. The number of hydrogen-bond acceptors (Lipinski definition) is 2. The first kappa shape index (κ1) is 10.9. The normalized spacial score (nSPS) is 22.4. The molecule has 0 bridgehead atoms. The fraction of sp³-hybridized carbons (Fsp3) is 0.357. The van der Waals surface area contributed by atoms with Gasteiger partial charge in [-0.3, -0.25) is 4.79 Å². The third kappa shape index (κ3) is 2.16. The monoisotopic (exact) mass is 215 g/mol. The number of ketones is 1. The van der Waals surface area contributed by atoms with Crippen LogP contribution in [0.4, 0.5) is 0 Å². The van der Waals surface area contributed by atoms with Crippen molar-refractivity contribution in [2.45, 2.75) is 19.3 Å². The van der Waals surface area contributed by atoms with Gasteiger partial charge in [0.2, 0.25) is 0 Å². The van der Waals surface area contributed by atoms with Crippen molar-refractivity contribution < 1.29 is 4.79 Å². The topological polar surface area (TPSA) is 20.3 Å². The van der Waals surface area contributed by atoms with Crippen LogP contribution >= 0.6 is 0 Å². The molecule has 2 heteroatoms. The third-order valence-electron chi connectivity index (χ3n) is 2.90. The van der Waals surface area contributed by atoms with Gasteiger partial charge in [-0.05, 0) is 19.3 Å². The number of carbonyl (C=O) groups excluding carboxylic acids is 1. The smallest absolute Gasteiger partial charge is 0.190 e. The zero-order chi connectivity index (χ0) is 11.5. The van der Waals surface area contributed by atoms with Crippen LogP contribution in [0.5, 0.6) is 0 Å². The second-order valence-electron chi connectivity index (χ2n) is 4.46. The predicted octanol–water partition coefficient (Wildman–Crippen LogP) is 2.61. The summed E-state index contributed by atoms with van der Waals surface area (Å²) < 4.78 is 0. The fourth-order valence-electron chi connectivity index (χ4n) is 2.15. The Balaban J connectivity index is 2.33. The van der Waals surface area contributed by atoms with Gasteiger partial charge < -0.3 is 4.90 Å². The summed E-state index contributed by atoms with van der Waals surface area (Å²) in [5.74, 6) is 0.204. The van der Waals surface area contributed by atoms with E-state index >= 15 is 0 Å². The van der Waals surface area contributed by atoms with Crippen molar-refractivity contribution in [1.29, 1.82) is 0 Å². The summed E-state index contributed by atoms with van der Waals surface area (Å²) in [7, 11) is 3.91. The molecule has 0 spiro atoms. The number of Topliss-reactive ketones (excluding diaryl/α,β-unsaturated/α-hetero) is 1. The van der Waals surface area contributed by atoms with Crippen LogP contribution in [0, 0.1) is 0 Å². The SMILES string of the molecule is CN(C)/C=C1/CCC2=C(C=CC=CC2)C1=O. The maximum atomic E-state index is 12.2. The Hall–Kier alpha value is -1.57. The highest BCUT2D eigenvalue weighted by molar-refractivity contribution is 6.11. The molecule has 0 amide bonds. The molecular formula is C14H17NO. The van der Waals surface area contributed by atoms with E-state index in [4.69, 9.17) is 0 Å². The molecule has 0 fully saturated rings. The molecule has 2 aliphatic rings. The molecule has 0 saturated carbocycles. The van der Waals surface area contributed by atoms with Crippen LogP contribution < -0.4 is 0 Å². The largest absolute Gasteiger partial charge is 0.383 e. The van der Waals surface area contributed by atoms with Gasteiger partial charge in [0.25, 0.3) is 0 Å². The van der Waals surface area contributed by atoms with Crippen LogP contribution in [0.1, 0.15) is 19.3 Å². The van der Waals surface area contributed by atoms with E-state index in [1.54, 1.807) is 0 Å². The van der Waals surface area contributed by atoms with E-state index in [2.05, 4.69) is 6.08 Å². The Morgan fingerprint density at radius 3 is 2.81 bits per heavy atom. The molecule has 0 heterocycles. The molecule has 0 aromatic rings. The first-order chi connectivity index (χ1) is 7.68. The Labute approximate surface area is 96.6 Å². The zero-order valence-electron chi connectivity index (χ0n) is 9.86. The highest BCUT2D eigenvalue weighted by Gasteiger charge is 2.22. The standard InChI is InChI=1S/C14H17NO/c1-15(2)10-12-9-8-11-6-4-3-5-7-13(11)14(12)16/h3-5,7,10H,6,8-9H2,1-2H3/b12-10-. The Bertz CT molecular complexity index is 422. The maximum absolute atomic E-state index is 12.2. The minimum absolute atomic E-state index is 0.204. The number of nitrogens with zero attached hydrogens (tertiary/aromatic N) is 1. The van der Waals surface area contributed by atoms with Crippen molar-refractivity contribution in [1.82, 2.24) is 4.90 Å². The summed E-state index contributed by atoms with van der Waals surface area (Å²) >= 11 is 0. The lowest BCUT2D eigenvalue weighted by molar-refractivity contribution is -0.112. The molecule has 0 unspecified atom stereocenters. The Morgan fingerprint density at radius 2 is 2.06 bits per heavy atom. The lowest BCUT2D eigenvalue weighted by atomic mass is 9.86. The van der Waals surface area contributed by atoms with Crippen LogP contribution in [0.2, 0.25) is 0 Å². The molecule has 2 aliphatic carbocycles. The van der Waals surface area contributed by atoms with Crippen LogP contribution in [-0.4, -0.2) is 24.8 Å². The summed E-state index contributed by atoms with van der Waals surface area (Å²) in [5, 5.41) is 0. The van der Waals surface area contributed by atoms with Crippen molar-refractivity contribution in [3.63, 3.8) is 0 Å². The summed E-state index contributed by atoms with van der Waals surface area (Å²) in [6.45, 7) is 0. The molecule has 16 heavy (non-hydrogen) atoms. The molecule has 2 rings (SSSR count). The third-order valence-corrected chi connectivity index (χ3v) is 2.90. The van der Waals surface area contributed by atoms with Crippen molar-refractivity contribution in [3.05, 3.63) is 47.2 Å². The van der Waals surface area contributed by atoms with Gasteiger partial charge in [-0.2, -0.15) is 0 Å². The Kier molecular flexibility index (Phi) is 3.09. The van der Waals surface area contributed by atoms with Crippen LogP contribution in [-0.2, 0) is 4.79 Å². The summed E-state index contributed by atoms with van der Waals surface area (Å²) in [6.07, 6.45) is 12.8. The van der Waals surface area contributed by atoms with Gasteiger partial charge in [-0.15, -0.1) is 0 Å². The van der Waals surface area contributed by atoms with Gasteiger partial charge in [0.1, 0.15) is 0 Å². The van der Waals surface area contributed by atoms with Crippen molar-refractivity contribution in [2.24, 2.45) is 0 Å². The number of carbonyl (C=O) groups is 1. The fourth-order valence-corrected chi connectivity index (χ4v) is 2.15. The molecule has 0 atom stereocenters. The number of rotatable bonds is 1. The van der Waals surface area contributed by atoms with Crippen molar-refractivity contribution in [2.75, 3.05) is 14.1 Å². The lowest BCUT2D eigenvalue weighted by Crippen LogP contribution is -2.16. The molecule has 0 aromatic heterocycles. The van der Waals surface area contributed by atoms with Crippen molar-refractivity contribution in [3.8, 4) is 0 Å². The minimum atomic E-state index is 0.204. The van der Waals surface area contributed by atoms with Gasteiger partial charge in [0.15, 0.2) is 5.78 Å². The quantitative estimate of drug-likeness (QED) is 0.627. The van der Waals surface area contributed by atoms with Crippen LogP contribution in [0.15, 0.2) is 47.2 Å². The Morgan fingerprint density at radius 1 is 1.25 bits per heavy atom. The molecule has 0 saturated heterocycles. The van der Waals surface area contributed by atoms with Gasteiger partial charge >= 0.3 is 0 Å². The minimum Gasteiger partial charge on any atom is -0.383 e. The van der Waals surface area contributed by atoms with E-state index < -0.39 is 0 Å². The molecular weight excluding hydrogens is 198 g/mol. The molecule has 0 aromatic carbocycles. The molecule has 0 aliphatic heterocycles. The van der Waals surface area contributed by atoms with Crippen LogP contribution in [0.3, 0.4) is 0 Å². The predicted molar refractivity (Wildman–Crippen MR) is 65.9 cm³/mol. The second-order valence-corrected chi connectivity index (χ2v) is 4.46. The van der Waals surface area contributed by atoms with Crippen molar-refractivity contribution >= 4 is 5.78 Å². The number of hydrogen-bond donors (Lipinski definition) is 0. The van der Waals surface area contributed by atoms with E-state index in [1.807, 2.05) is 43.4 Å². The maximum Gasteiger partial charge on any atom is 0.190 e. The van der Waals surface area contributed by atoms with Gasteiger partial charge in [-0.25, -0.2) is 0 Å². The molecule has 0 radical (unpaired) electrons. The molecule has 2 nitrogen and oxygen atoms in total. The number of allylic oxidation sites excluding steroid dienone is 7. The summed E-state index contributed by atoms with van der Waals surface area (Å²) in [4.78, 5) is 14.2. The summed E-state index contributed by atoms with van der Waals surface area (Å²) in [6, 6.07) is 0. The van der Waals surface area contributed by atoms with Crippen LogP contribution in [0.25, 0.3) is 0 Å². The van der Waals surface area contributed by atoms with E-state index in [9.17, 15) is 4.79 Å². The van der Waals surface area contributed by atoms with E-state index in [1.165, 1.54) is 5.57 Å². The average molecular weight is 215 g/mol. The highest BCUT2D eigenvalue weighted by atomic mass is 16.1. The van der Waals surface area contributed by atoms with Gasteiger partial charge in [-0.1, -0.05) is 29.9 Å². The highest BCUT2D eigenvalue weighted by Crippen LogP contribution is 2.30. The van der Waals surface area contributed by atoms with E-state index in [0.29, 0.717) is 0 Å². The van der Waals surface area contributed by atoms with Gasteiger partial charge in [0.05, 0.1) is 0 Å². The molecule has 84 valence electrons. The molecule has 0 N–H and O–H groups in total. The average Bonchev–Trinajstić information content (AvgIpc) is 2.47. The summed E-state index contributed by atoms with van der Waals surface area (Å²) in [5.41, 5.74) is 3.12. The van der Waals surface area contributed by atoms with E-state index in [-0.39, 0.29) is 5.78 Å². The first-order valence-electron chi connectivity index (χ1n) is 5.65. The second kappa shape index (κ2) is 4.52. The van der Waals surface area contributed by atoms with E-state index in [0.717, 1.165) is 30.4 Å². The first-order valence-corrected chi connectivity index (χ1v) is 5.65. The van der Waals surface area contributed by atoms with Gasteiger partial charge in [0, 0.05) is 31.4 Å². The zero-order valence-corrected chi connectivity index (χ0v) is 9.86.